The largest absolute Gasteiger partial charge is 0.490 e. The lowest BCUT2D eigenvalue weighted by Gasteiger charge is -2.11. The number of nitrogens with one attached hydrogen (secondary N) is 2. The molecule has 0 radical (unpaired) electrons. The van der Waals surface area contributed by atoms with Gasteiger partial charge in [0.25, 0.3) is 0 Å². The van der Waals surface area contributed by atoms with Crippen molar-refractivity contribution in [1.82, 2.24) is 10.6 Å². The number of benzene rings is 2. The third-order valence-corrected chi connectivity index (χ3v) is 4.35. The molecule has 0 aromatic heterocycles. The Morgan fingerprint density at radius 2 is 1.00 bits per heavy atom. The molecule has 0 saturated heterocycles. The predicted molar refractivity (Wildman–Crippen MR) is 122 cm³/mol. The summed E-state index contributed by atoms with van der Waals surface area (Å²) in [5.41, 5.74) is 0. The van der Waals surface area contributed by atoms with Crippen molar-refractivity contribution < 1.29 is 28.5 Å². The summed E-state index contributed by atoms with van der Waals surface area (Å²) in [7, 11) is 0. The van der Waals surface area contributed by atoms with Crippen LogP contribution in [0, 0.1) is 0 Å². The minimum Gasteiger partial charge on any atom is -0.490 e. The van der Waals surface area contributed by atoms with Gasteiger partial charge in [-0.25, -0.2) is 9.59 Å². The van der Waals surface area contributed by atoms with Crippen LogP contribution in [-0.4, -0.2) is 38.5 Å². The minimum atomic E-state index is -0.506. The van der Waals surface area contributed by atoms with Crippen molar-refractivity contribution in [3.8, 4) is 23.0 Å². The molecule has 174 valence electrons. The van der Waals surface area contributed by atoms with Crippen LogP contribution in [0.25, 0.3) is 0 Å². The monoisotopic (exact) mass is 444 g/mol. The Labute approximate surface area is 189 Å². The Morgan fingerprint density at radius 1 is 0.625 bits per heavy atom. The summed E-state index contributed by atoms with van der Waals surface area (Å²) in [4.78, 5) is 23.9. The number of unbranched alkanes of at least 4 members (excludes halogenated alkanes) is 3. The van der Waals surface area contributed by atoms with Crippen molar-refractivity contribution in [2.24, 2.45) is 0 Å². The zero-order valence-corrected chi connectivity index (χ0v) is 18.7. The van der Waals surface area contributed by atoms with E-state index >= 15 is 0 Å². The van der Waals surface area contributed by atoms with Gasteiger partial charge in [0.2, 0.25) is 0 Å². The fourth-order valence-corrected chi connectivity index (χ4v) is 2.87. The highest BCUT2D eigenvalue weighted by Crippen LogP contribution is 2.27. The van der Waals surface area contributed by atoms with E-state index in [1.807, 2.05) is 26.0 Å². The Hall–Kier alpha value is -3.42. The molecule has 0 heterocycles. The molecule has 0 bridgehead atoms. The average molecular weight is 445 g/mol. The van der Waals surface area contributed by atoms with Gasteiger partial charge in [0, 0.05) is 13.1 Å². The summed E-state index contributed by atoms with van der Waals surface area (Å²) in [6, 6.07) is 14.1. The van der Waals surface area contributed by atoms with Crippen LogP contribution in [0.15, 0.2) is 48.5 Å². The molecular weight excluding hydrogens is 412 g/mol. The van der Waals surface area contributed by atoms with Gasteiger partial charge in [0.15, 0.2) is 23.0 Å². The van der Waals surface area contributed by atoms with Crippen LogP contribution in [-0.2, 0) is 0 Å². The van der Waals surface area contributed by atoms with Crippen LogP contribution < -0.4 is 29.6 Å². The lowest BCUT2D eigenvalue weighted by atomic mass is 10.2. The van der Waals surface area contributed by atoms with Gasteiger partial charge in [-0.15, -0.1) is 0 Å². The van der Waals surface area contributed by atoms with E-state index < -0.39 is 12.2 Å². The zero-order valence-electron chi connectivity index (χ0n) is 18.7. The van der Waals surface area contributed by atoms with Gasteiger partial charge in [-0.1, -0.05) is 37.1 Å². The smallest absolute Gasteiger partial charge is 0.412 e. The Kier molecular flexibility index (Phi) is 11.3. The molecule has 0 aliphatic carbocycles. The second-order valence-electron chi connectivity index (χ2n) is 6.81. The first-order valence-electron chi connectivity index (χ1n) is 11.0. The average Bonchev–Trinajstić information content (AvgIpc) is 2.78. The molecule has 0 aliphatic rings. The van der Waals surface area contributed by atoms with Crippen LogP contribution >= 0.6 is 0 Å². The van der Waals surface area contributed by atoms with Crippen LogP contribution in [0.2, 0.25) is 0 Å². The highest BCUT2D eigenvalue weighted by molar-refractivity contribution is 5.71. The van der Waals surface area contributed by atoms with E-state index in [-0.39, 0.29) is 0 Å². The second-order valence-corrected chi connectivity index (χ2v) is 6.81. The van der Waals surface area contributed by atoms with E-state index in [4.69, 9.17) is 18.9 Å². The topological polar surface area (TPSA) is 95.1 Å². The summed E-state index contributed by atoms with van der Waals surface area (Å²) in [5.74, 6) is 1.87. The van der Waals surface area contributed by atoms with Crippen molar-refractivity contribution >= 4 is 12.2 Å². The van der Waals surface area contributed by atoms with Gasteiger partial charge < -0.3 is 29.6 Å². The lowest BCUT2D eigenvalue weighted by Crippen LogP contribution is -2.28. The molecule has 0 unspecified atom stereocenters. The molecule has 0 saturated carbocycles. The standard InChI is InChI=1S/C24H32N2O6/c1-3-29-19-13-7-9-15-21(19)31-23(27)25-17-11-5-6-12-18-26-24(28)32-22-16-10-8-14-20(22)30-4-2/h7-10,13-16H,3-6,11-12,17-18H2,1-2H3,(H,25,27)(H,26,28). The maximum Gasteiger partial charge on any atom is 0.412 e. The molecule has 8 nitrogen and oxygen atoms in total. The van der Waals surface area contributed by atoms with E-state index in [0.717, 1.165) is 25.7 Å². The highest BCUT2D eigenvalue weighted by atomic mass is 16.6. The Bertz CT molecular complexity index is 773. The van der Waals surface area contributed by atoms with Crippen molar-refractivity contribution in [3.05, 3.63) is 48.5 Å². The first-order valence-corrected chi connectivity index (χ1v) is 11.0. The Morgan fingerprint density at radius 3 is 1.38 bits per heavy atom. The van der Waals surface area contributed by atoms with E-state index in [9.17, 15) is 9.59 Å². The molecule has 0 aliphatic heterocycles. The molecule has 0 atom stereocenters. The van der Waals surface area contributed by atoms with E-state index in [2.05, 4.69) is 10.6 Å². The molecule has 8 heteroatoms. The highest BCUT2D eigenvalue weighted by Gasteiger charge is 2.10. The molecule has 2 aromatic carbocycles. The SMILES string of the molecule is CCOc1ccccc1OC(=O)NCCCCCCNC(=O)Oc1ccccc1OCC. The molecule has 2 aromatic rings. The molecule has 32 heavy (non-hydrogen) atoms. The first-order chi connectivity index (χ1) is 15.6. The molecule has 0 fully saturated rings. The van der Waals surface area contributed by atoms with Crippen LogP contribution in [0.1, 0.15) is 39.5 Å². The zero-order chi connectivity index (χ0) is 23.0. The number of carbonyl (C=O) groups is 2. The number of hydrogen-bond donors (Lipinski definition) is 2. The van der Waals surface area contributed by atoms with Gasteiger partial charge in [0.05, 0.1) is 13.2 Å². The number of amides is 2. The maximum atomic E-state index is 11.9. The lowest BCUT2D eigenvalue weighted by molar-refractivity contribution is 0.195. The molecular formula is C24H32N2O6. The van der Waals surface area contributed by atoms with Gasteiger partial charge in [-0.3, -0.25) is 0 Å². The third-order valence-electron chi connectivity index (χ3n) is 4.35. The van der Waals surface area contributed by atoms with Gasteiger partial charge in [0.1, 0.15) is 0 Å². The minimum absolute atomic E-state index is 0.397. The maximum absolute atomic E-state index is 11.9. The van der Waals surface area contributed by atoms with E-state index in [1.165, 1.54) is 0 Å². The third kappa shape index (κ3) is 9.16. The van der Waals surface area contributed by atoms with Crippen molar-refractivity contribution in [3.63, 3.8) is 0 Å². The second kappa shape index (κ2) is 14.6. The van der Waals surface area contributed by atoms with Gasteiger partial charge in [-0.05, 0) is 51.0 Å². The van der Waals surface area contributed by atoms with Gasteiger partial charge in [-0.2, -0.15) is 0 Å². The summed E-state index contributed by atoms with van der Waals surface area (Å²) in [6.07, 6.45) is 2.45. The number of rotatable bonds is 13. The predicted octanol–water partition coefficient (Wildman–Crippen LogP) is 4.92. The summed E-state index contributed by atoms with van der Waals surface area (Å²) in [6.45, 7) is 5.76. The van der Waals surface area contributed by atoms with E-state index in [1.54, 1.807) is 36.4 Å². The Balaban J connectivity index is 1.53. The number of carbonyl (C=O) groups excluding carboxylic acids is 2. The van der Waals surface area contributed by atoms with E-state index in [0.29, 0.717) is 49.3 Å². The summed E-state index contributed by atoms with van der Waals surface area (Å²) >= 11 is 0. The van der Waals surface area contributed by atoms with Gasteiger partial charge >= 0.3 is 12.2 Å². The summed E-state index contributed by atoms with van der Waals surface area (Å²) < 4.78 is 21.5. The first kappa shape index (κ1) is 24.8. The quantitative estimate of drug-likeness (QED) is 0.426. The fourth-order valence-electron chi connectivity index (χ4n) is 2.87. The molecule has 2 rings (SSSR count). The van der Waals surface area contributed by atoms with Crippen molar-refractivity contribution in [2.45, 2.75) is 39.5 Å². The van der Waals surface area contributed by atoms with Crippen LogP contribution in [0.4, 0.5) is 9.59 Å². The number of ether oxygens (including phenoxy) is 4. The summed E-state index contributed by atoms with van der Waals surface area (Å²) in [5, 5.41) is 5.47. The normalized spacial score (nSPS) is 10.2. The van der Waals surface area contributed by atoms with Crippen LogP contribution in [0.5, 0.6) is 23.0 Å². The molecule has 0 spiro atoms. The fraction of sp³-hybridized carbons (Fsp3) is 0.417. The number of hydrogen-bond acceptors (Lipinski definition) is 6. The van der Waals surface area contributed by atoms with Crippen LogP contribution in [0.3, 0.4) is 0 Å². The molecule has 2 amide bonds. The van der Waals surface area contributed by atoms with Crippen molar-refractivity contribution in [2.75, 3.05) is 26.3 Å². The van der Waals surface area contributed by atoms with Crippen molar-refractivity contribution in [1.29, 1.82) is 0 Å². The molecule has 2 N–H and O–H groups in total. The number of para-hydroxylation sites is 4.